The summed E-state index contributed by atoms with van der Waals surface area (Å²) in [4.78, 5) is 42.0. The highest BCUT2D eigenvalue weighted by Gasteiger charge is 2.35. The van der Waals surface area contributed by atoms with Gasteiger partial charge in [-0.05, 0) is 48.9 Å². The third-order valence-electron chi connectivity index (χ3n) is 5.99. The van der Waals surface area contributed by atoms with E-state index in [4.69, 9.17) is 9.47 Å². The predicted molar refractivity (Wildman–Crippen MR) is 143 cm³/mol. The molecule has 0 saturated carbocycles. The van der Waals surface area contributed by atoms with Gasteiger partial charge in [0, 0.05) is 13.2 Å². The molecule has 0 aliphatic carbocycles. The minimum absolute atomic E-state index is 0.0506. The molecule has 0 unspecified atom stereocenters. The van der Waals surface area contributed by atoms with Crippen LogP contribution >= 0.6 is 11.3 Å². The summed E-state index contributed by atoms with van der Waals surface area (Å²) in [5, 5.41) is 7.48. The maximum Gasteiger partial charge on any atom is 0.261 e. The normalized spacial score (nSPS) is 15.5. The Morgan fingerprint density at radius 2 is 1.84 bits per heavy atom. The van der Waals surface area contributed by atoms with Crippen molar-refractivity contribution < 1.29 is 23.9 Å². The Morgan fingerprint density at radius 1 is 1.05 bits per heavy atom. The van der Waals surface area contributed by atoms with E-state index in [9.17, 15) is 14.4 Å². The summed E-state index contributed by atoms with van der Waals surface area (Å²) in [6.07, 6.45) is 1.78. The summed E-state index contributed by atoms with van der Waals surface area (Å²) in [6.45, 7) is 2.98. The van der Waals surface area contributed by atoms with Crippen LogP contribution in [-0.4, -0.2) is 50.1 Å². The summed E-state index contributed by atoms with van der Waals surface area (Å²) >= 11 is 1.29. The third kappa shape index (κ3) is 6.75. The van der Waals surface area contributed by atoms with Gasteiger partial charge in [0.25, 0.3) is 5.91 Å². The first-order valence-corrected chi connectivity index (χ1v) is 13.3. The molecule has 194 valence electrons. The number of benzene rings is 2. The molecule has 2 heterocycles. The van der Waals surface area contributed by atoms with E-state index in [1.165, 1.54) is 16.2 Å². The lowest BCUT2D eigenvalue weighted by Gasteiger charge is -2.33. The number of para-hydroxylation sites is 2. The van der Waals surface area contributed by atoms with Crippen molar-refractivity contribution >= 4 is 34.7 Å². The molecule has 2 aromatic carbocycles. The van der Waals surface area contributed by atoms with Gasteiger partial charge < -0.3 is 20.1 Å². The van der Waals surface area contributed by atoms with Gasteiger partial charge >= 0.3 is 0 Å². The highest BCUT2D eigenvalue weighted by atomic mass is 32.1. The van der Waals surface area contributed by atoms with E-state index in [-0.39, 0.29) is 24.5 Å². The monoisotopic (exact) mass is 521 g/mol. The SMILES string of the molecule is CCOc1ccccc1N(C(=O)CNC(=O)c1cccs1)[C@@H](C(=O)NC[C@@H]1CCCO1)c1ccccc1. The standard InChI is InChI=1S/C28H31N3O5S/c1-2-35-23-14-7-6-13-22(23)31(25(32)19-30-27(33)24-15-9-17-37-24)26(20-10-4-3-5-11-20)28(34)29-18-21-12-8-16-36-21/h3-7,9-11,13-15,17,21,26H,2,8,12,16,18-19H2,1H3,(H,29,34)(H,30,33)/t21-,26+/m0/s1. The van der Waals surface area contributed by atoms with Crippen LogP contribution in [0.5, 0.6) is 5.75 Å². The smallest absolute Gasteiger partial charge is 0.261 e. The molecule has 2 N–H and O–H groups in total. The minimum Gasteiger partial charge on any atom is -0.492 e. The molecule has 3 aromatic rings. The number of hydrogen-bond donors (Lipinski definition) is 2. The number of carbonyl (C=O) groups is 3. The summed E-state index contributed by atoms with van der Waals surface area (Å²) in [5.74, 6) is -0.666. The fraction of sp³-hybridized carbons (Fsp3) is 0.321. The minimum atomic E-state index is -0.990. The van der Waals surface area contributed by atoms with Gasteiger partial charge in [0.05, 0.1) is 29.8 Å². The number of amides is 3. The lowest BCUT2D eigenvalue weighted by Crippen LogP contribution is -2.48. The van der Waals surface area contributed by atoms with Crippen molar-refractivity contribution in [3.8, 4) is 5.75 Å². The van der Waals surface area contributed by atoms with Gasteiger partial charge in [0.1, 0.15) is 11.8 Å². The number of ether oxygens (including phenoxy) is 2. The Hall–Kier alpha value is -3.69. The molecule has 9 heteroatoms. The molecular formula is C28H31N3O5S. The van der Waals surface area contributed by atoms with Crippen molar-refractivity contribution in [2.45, 2.75) is 31.9 Å². The molecule has 0 bridgehead atoms. The zero-order chi connectivity index (χ0) is 26.0. The Bertz CT molecular complexity index is 1180. The molecular weight excluding hydrogens is 490 g/mol. The number of anilines is 1. The largest absolute Gasteiger partial charge is 0.492 e. The van der Waals surface area contributed by atoms with Gasteiger partial charge in [-0.1, -0.05) is 48.5 Å². The van der Waals surface area contributed by atoms with Gasteiger partial charge in [0.2, 0.25) is 11.8 Å². The highest BCUT2D eigenvalue weighted by Crippen LogP contribution is 2.35. The zero-order valence-corrected chi connectivity index (χ0v) is 21.5. The van der Waals surface area contributed by atoms with Gasteiger partial charge in [-0.15, -0.1) is 11.3 Å². The number of hydrogen-bond acceptors (Lipinski definition) is 6. The Morgan fingerprint density at radius 3 is 2.54 bits per heavy atom. The molecule has 1 aliphatic rings. The summed E-state index contributed by atoms with van der Waals surface area (Å²) in [7, 11) is 0. The zero-order valence-electron chi connectivity index (χ0n) is 20.7. The number of carbonyl (C=O) groups excluding carboxylic acids is 3. The number of rotatable bonds is 11. The lowest BCUT2D eigenvalue weighted by molar-refractivity contribution is -0.126. The fourth-order valence-corrected chi connectivity index (χ4v) is 4.90. The average molecular weight is 522 g/mol. The van der Waals surface area contributed by atoms with Crippen LogP contribution in [0.2, 0.25) is 0 Å². The van der Waals surface area contributed by atoms with E-state index in [2.05, 4.69) is 10.6 Å². The van der Waals surface area contributed by atoms with Crippen molar-refractivity contribution in [2.24, 2.45) is 0 Å². The molecule has 1 fully saturated rings. The maximum absolute atomic E-state index is 13.8. The molecule has 2 atom stereocenters. The molecule has 1 aromatic heterocycles. The van der Waals surface area contributed by atoms with Crippen LogP contribution in [0, 0.1) is 0 Å². The van der Waals surface area contributed by atoms with Crippen molar-refractivity contribution in [3.63, 3.8) is 0 Å². The summed E-state index contributed by atoms with van der Waals surface area (Å²) < 4.78 is 11.5. The fourth-order valence-electron chi connectivity index (χ4n) is 4.26. The highest BCUT2D eigenvalue weighted by molar-refractivity contribution is 7.12. The lowest BCUT2D eigenvalue weighted by atomic mass is 10.0. The first kappa shape index (κ1) is 26.4. The first-order valence-electron chi connectivity index (χ1n) is 12.4. The molecule has 3 amide bonds. The van der Waals surface area contributed by atoms with Crippen molar-refractivity contribution in [3.05, 3.63) is 82.6 Å². The molecule has 37 heavy (non-hydrogen) atoms. The molecule has 1 saturated heterocycles. The average Bonchev–Trinajstić information content (AvgIpc) is 3.65. The van der Waals surface area contributed by atoms with Crippen LogP contribution in [0.3, 0.4) is 0 Å². The number of nitrogens with zero attached hydrogens (tertiary/aromatic N) is 1. The third-order valence-corrected chi connectivity index (χ3v) is 6.86. The van der Waals surface area contributed by atoms with Crippen molar-refractivity contribution in [1.82, 2.24) is 10.6 Å². The summed E-state index contributed by atoms with van der Waals surface area (Å²) in [6, 6.07) is 18.7. The van der Waals surface area contributed by atoms with Gasteiger partial charge in [-0.25, -0.2) is 0 Å². The van der Waals surface area contributed by atoms with Crippen LogP contribution < -0.4 is 20.3 Å². The Labute approximate surface area is 220 Å². The van der Waals surface area contributed by atoms with Crippen LogP contribution in [0.15, 0.2) is 72.1 Å². The molecule has 0 radical (unpaired) electrons. The van der Waals surface area contributed by atoms with E-state index in [0.29, 0.717) is 41.6 Å². The second kappa shape index (κ2) is 13.0. The van der Waals surface area contributed by atoms with E-state index in [1.54, 1.807) is 35.7 Å². The van der Waals surface area contributed by atoms with E-state index in [0.717, 1.165) is 12.8 Å². The second-order valence-electron chi connectivity index (χ2n) is 8.52. The van der Waals surface area contributed by atoms with Crippen LogP contribution in [0.4, 0.5) is 5.69 Å². The first-order chi connectivity index (χ1) is 18.1. The predicted octanol–water partition coefficient (Wildman–Crippen LogP) is 3.95. The maximum atomic E-state index is 13.8. The van der Waals surface area contributed by atoms with Crippen LogP contribution in [0.25, 0.3) is 0 Å². The second-order valence-corrected chi connectivity index (χ2v) is 9.47. The van der Waals surface area contributed by atoms with E-state index >= 15 is 0 Å². The Balaban J connectivity index is 1.68. The van der Waals surface area contributed by atoms with Crippen LogP contribution in [0.1, 0.15) is 41.0 Å². The van der Waals surface area contributed by atoms with Crippen LogP contribution in [-0.2, 0) is 14.3 Å². The molecule has 8 nitrogen and oxygen atoms in total. The van der Waals surface area contributed by atoms with Crippen molar-refractivity contribution in [2.75, 3.05) is 31.2 Å². The molecule has 4 rings (SSSR count). The Kier molecular flexibility index (Phi) is 9.29. The number of nitrogens with one attached hydrogen (secondary N) is 2. The van der Waals surface area contributed by atoms with Gasteiger partial charge in [-0.2, -0.15) is 0 Å². The van der Waals surface area contributed by atoms with Crippen molar-refractivity contribution in [1.29, 1.82) is 0 Å². The number of thiophene rings is 1. The molecule has 1 aliphatic heterocycles. The quantitative estimate of drug-likeness (QED) is 0.398. The summed E-state index contributed by atoms with van der Waals surface area (Å²) in [5.41, 5.74) is 1.08. The topological polar surface area (TPSA) is 97.0 Å². The van der Waals surface area contributed by atoms with E-state index < -0.39 is 11.9 Å². The van der Waals surface area contributed by atoms with E-state index in [1.807, 2.05) is 43.3 Å². The van der Waals surface area contributed by atoms with Gasteiger partial charge in [0.15, 0.2) is 0 Å². The molecule has 0 spiro atoms. The van der Waals surface area contributed by atoms with Gasteiger partial charge in [-0.3, -0.25) is 19.3 Å².